The Balaban J connectivity index is 2.51. The molecular weight excluding hydrogens is 234 g/mol. The molecule has 0 aliphatic rings. The molecule has 0 aliphatic carbocycles. The Bertz CT molecular complexity index is 602. The molecule has 0 fully saturated rings. The molecule has 98 valence electrons. The number of hydrogen-bond donors (Lipinski definition) is 3. The van der Waals surface area contributed by atoms with E-state index in [4.69, 9.17) is 10.2 Å². The summed E-state index contributed by atoms with van der Waals surface area (Å²) in [5.41, 5.74) is 7.56. The van der Waals surface area contributed by atoms with Gasteiger partial charge < -0.3 is 20.6 Å². The Labute approximate surface area is 104 Å². The lowest BCUT2D eigenvalue weighted by atomic mass is 10.0. The number of oxazole rings is 1. The second-order valence-electron chi connectivity index (χ2n) is 4.22. The number of likely N-dealkylation sites (N-methyl/N-ethyl adjacent to an activating group) is 1. The second-order valence-corrected chi connectivity index (χ2v) is 4.22. The summed E-state index contributed by atoms with van der Waals surface area (Å²) < 4.78 is 6.48. The number of rotatable bonds is 4. The van der Waals surface area contributed by atoms with E-state index in [0.29, 0.717) is 11.1 Å². The predicted molar refractivity (Wildman–Crippen MR) is 68.3 cm³/mol. The van der Waals surface area contributed by atoms with Gasteiger partial charge in [-0.15, -0.1) is 0 Å². The maximum atomic E-state index is 11.4. The van der Waals surface area contributed by atoms with Gasteiger partial charge in [0.15, 0.2) is 5.58 Å². The van der Waals surface area contributed by atoms with Crippen molar-refractivity contribution in [2.24, 2.45) is 12.8 Å². The summed E-state index contributed by atoms with van der Waals surface area (Å²) in [7, 11) is 3.40. The zero-order chi connectivity index (χ0) is 13.3. The van der Waals surface area contributed by atoms with Crippen molar-refractivity contribution in [2.75, 3.05) is 13.6 Å². The zero-order valence-corrected chi connectivity index (χ0v) is 10.4. The van der Waals surface area contributed by atoms with E-state index in [1.54, 1.807) is 20.2 Å². The van der Waals surface area contributed by atoms with Gasteiger partial charge in [-0.25, -0.2) is 4.79 Å². The molecule has 0 bridgehead atoms. The summed E-state index contributed by atoms with van der Waals surface area (Å²) in [4.78, 5) is 11.4. The van der Waals surface area contributed by atoms with Crippen LogP contribution in [0.1, 0.15) is 11.6 Å². The number of aromatic nitrogens is 1. The standard InChI is InChI=1S/C12H17N3O3/c1-14-11(9(16)6-13)7-3-4-10-8(5-7)15(2)12(17)18-10/h3-5,9,11,14,16H,6,13H2,1-2H3. The summed E-state index contributed by atoms with van der Waals surface area (Å²) in [6.07, 6.45) is -0.684. The molecule has 2 atom stereocenters. The van der Waals surface area contributed by atoms with Crippen LogP contribution in [-0.4, -0.2) is 29.4 Å². The molecule has 2 rings (SSSR count). The highest BCUT2D eigenvalue weighted by molar-refractivity contribution is 5.73. The summed E-state index contributed by atoms with van der Waals surface area (Å²) in [5.74, 6) is -0.400. The molecule has 2 unspecified atom stereocenters. The average molecular weight is 251 g/mol. The van der Waals surface area contributed by atoms with Crippen molar-refractivity contribution >= 4 is 11.1 Å². The molecule has 0 amide bonds. The first-order valence-electron chi connectivity index (χ1n) is 5.73. The number of nitrogens with two attached hydrogens (primary N) is 1. The normalized spacial score (nSPS) is 14.9. The quantitative estimate of drug-likeness (QED) is 0.694. The van der Waals surface area contributed by atoms with Crippen LogP contribution in [0.25, 0.3) is 11.1 Å². The fourth-order valence-corrected chi connectivity index (χ4v) is 2.05. The van der Waals surface area contributed by atoms with Gasteiger partial charge in [0.25, 0.3) is 0 Å². The lowest BCUT2D eigenvalue weighted by molar-refractivity contribution is 0.139. The Morgan fingerprint density at radius 1 is 1.56 bits per heavy atom. The van der Waals surface area contributed by atoms with Crippen LogP contribution in [0.2, 0.25) is 0 Å². The average Bonchev–Trinajstić information content (AvgIpc) is 2.66. The van der Waals surface area contributed by atoms with Crippen LogP contribution in [0.4, 0.5) is 0 Å². The van der Waals surface area contributed by atoms with Crippen LogP contribution >= 0.6 is 0 Å². The smallest absolute Gasteiger partial charge is 0.408 e. The lowest BCUT2D eigenvalue weighted by Crippen LogP contribution is -2.34. The highest BCUT2D eigenvalue weighted by Gasteiger charge is 2.19. The molecular formula is C12H17N3O3. The first kappa shape index (κ1) is 12.8. The molecule has 0 spiro atoms. The molecule has 0 saturated heterocycles. The number of aryl methyl sites for hydroxylation is 1. The second kappa shape index (κ2) is 4.93. The molecule has 18 heavy (non-hydrogen) atoms. The van der Waals surface area contributed by atoms with E-state index in [9.17, 15) is 9.90 Å². The zero-order valence-electron chi connectivity index (χ0n) is 10.4. The fraction of sp³-hybridized carbons (Fsp3) is 0.417. The van der Waals surface area contributed by atoms with Gasteiger partial charge in [-0.2, -0.15) is 0 Å². The van der Waals surface area contributed by atoms with Crippen molar-refractivity contribution < 1.29 is 9.52 Å². The number of fused-ring (bicyclic) bond motifs is 1. The van der Waals surface area contributed by atoms with E-state index in [1.807, 2.05) is 12.1 Å². The highest BCUT2D eigenvalue weighted by Crippen LogP contribution is 2.21. The van der Waals surface area contributed by atoms with Crippen LogP contribution < -0.4 is 16.8 Å². The van der Waals surface area contributed by atoms with Gasteiger partial charge in [-0.1, -0.05) is 6.07 Å². The monoisotopic (exact) mass is 251 g/mol. The largest absolute Gasteiger partial charge is 0.419 e. The number of benzene rings is 1. The lowest BCUT2D eigenvalue weighted by Gasteiger charge is -2.21. The van der Waals surface area contributed by atoms with Crippen molar-refractivity contribution in [1.82, 2.24) is 9.88 Å². The number of aliphatic hydroxyl groups is 1. The highest BCUT2D eigenvalue weighted by atomic mass is 16.4. The molecule has 1 aromatic heterocycles. The molecule has 1 aromatic carbocycles. The van der Waals surface area contributed by atoms with E-state index < -0.39 is 11.9 Å². The van der Waals surface area contributed by atoms with Crippen molar-refractivity contribution in [3.8, 4) is 0 Å². The molecule has 2 aromatic rings. The van der Waals surface area contributed by atoms with Gasteiger partial charge in [0, 0.05) is 13.6 Å². The summed E-state index contributed by atoms with van der Waals surface area (Å²) in [6, 6.07) is 5.08. The maximum Gasteiger partial charge on any atom is 0.419 e. The first-order valence-corrected chi connectivity index (χ1v) is 5.73. The Hall–Kier alpha value is -1.63. The predicted octanol–water partition coefficient (Wildman–Crippen LogP) is -0.288. The van der Waals surface area contributed by atoms with Gasteiger partial charge >= 0.3 is 5.76 Å². The van der Waals surface area contributed by atoms with E-state index in [1.165, 1.54) is 4.57 Å². The van der Waals surface area contributed by atoms with Crippen molar-refractivity contribution in [2.45, 2.75) is 12.1 Å². The van der Waals surface area contributed by atoms with Crippen molar-refractivity contribution in [3.05, 3.63) is 34.3 Å². The number of aliphatic hydroxyl groups excluding tert-OH is 1. The molecule has 6 nitrogen and oxygen atoms in total. The molecule has 6 heteroatoms. The molecule has 0 radical (unpaired) electrons. The third-order valence-electron chi connectivity index (χ3n) is 3.11. The topological polar surface area (TPSA) is 93.4 Å². The van der Waals surface area contributed by atoms with Crippen molar-refractivity contribution in [1.29, 1.82) is 0 Å². The van der Waals surface area contributed by atoms with E-state index in [-0.39, 0.29) is 12.6 Å². The molecule has 0 aliphatic heterocycles. The summed E-state index contributed by atoms with van der Waals surface area (Å²) in [6.45, 7) is 0.161. The number of nitrogens with one attached hydrogen (secondary N) is 1. The minimum atomic E-state index is -0.684. The van der Waals surface area contributed by atoms with Gasteiger partial charge in [-0.05, 0) is 24.7 Å². The van der Waals surface area contributed by atoms with E-state index in [2.05, 4.69) is 5.32 Å². The first-order chi connectivity index (χ1) is 8.58. The maximum absolute atomic E-state index is 11.4. The Morgan fingerprint density at radius 2 is 2.28 bits per heavy atom. The van der Waals surface area contributed by atoms with Crippen LogP contribution in [0.3, 0.4) is 0 Å². The van der Waals surface area contributed by atoms with Crippen LogP contribution in [0.15, 0.2) is 27.4 Å². The van der Waals surface area contributed by atoms with Crippen LogP contribution in [-0.2, 0) is 7.05 Å². The number of nitrogens with zero attached hydrogens (tertiary/aromatic N) is 1. The molecule has 4 N–H and O–H groups in total. The number of hydrogen-bond acceptors (Lipinski definition) is 5. The summed E-state index contributed by atoms with van der Waals surface area (Å²) >= 11 is 0. The van der Waals surface area contributed by atoms with E-state index in [0.717, 1.165) is 5.56 Å². The third-order valence-corrected chi connectivity index (χ3v) is 3.11. The Kier molecular flexibility index (Phi) is 3.51. The third kappa shape index (κ3) is 2.05. The Morgan fingerprint density at radius 3 is 2.89 bits per heavy atom. The van der Waals surface area contributed by atoms with Crippen molar-refractivity contribution in [3.63, 3.8) is 0 Å². The minimum Gasteiger partial charge on any atom is -0.408 e. The van der Waals surface area contributed by atoms with Crippen LogP contribution in [0.5, 0.6) is 0 Å². The van der Waals surface area contributed by atoms with Gasteiger partial charge in [0.2, 0.25) is 0 Å². The van der Waals surface area contributed by atoms with Gasteiger partial charge in [-0.3, -0.25) is 4.57 Å². The van der Waals surface area contributed by atoms with Gasteiger partial charge in [0.05, 0.1) is 17.7 Å². The summed E-state index contributed by atoms with van der Waals surface area (Å²) in [5, 5.41) is 12.9. The molecule has 1 heterocycles. The van der Waals surface area contributed by atoms with Crippen LogP contribution in [0, 0.1) is 0 Å². The fourth-order valence-electron chi connectivity index (χ4n) is 2.05. The van der Waals surface area contributed by atoms with Gasteiger partial charge in [0.1, 0.15) is 0 Å². The van der Waals surface area contributed by atoms with E-state index >= 15 is 0 Å². The molecule has 0 saturated carbocycles. The minimum absolute atomic E-state index is 0.161. The SMILES string of the molecule is CNC(c1ccc2oc(=O)n(C)c2c1)C(O)CN.